The molecule has 2 aromatic carbocycles. The van der Waals surface area contributed by atoms with Crippen molar-refractivity contribution in [3.8, 4) is 11.5 Å². The van der Waals surface area contributed by atoms with Crippen molar-refractivity contribution >= 4 is 17.7 Å². The van der Waals surface area contributed by atoms with Crippen molar-refractivity contribution in [2.45, 2.75) is 45.7 Å². The number of ether oxygens (including phenoxy) is 2. The number of nitrogens with one attached hydrogen (secondary N) is 1. The smallest absolute Gasteiger partial charge is 0.251 e. The summed E-state index contributed by atoms with van der Waals surface area (Å²) >= 11 is 0. The van der Waals surface area contributed by atoms with E-state index in [9.17, 15) is 14.4 Å². The first-order valence-corrected chi connectivity index (χ1v) is 12.3. The number of piperazine rings is 1. The number of fused-ring (bicyclic) bond motifs is 1. The fourth-order valence-corrected chi connectivity index (χ4v) is 4.65. The van der Waals surface area contributed by atoms with Crippen LogP contribution in [-0.2, 0) is 22.6 Å². The lowest BCUT2D eigenvalue weighted by molar-refractivity contribution is -0.154. The second-order valence-corrected chi connectivity index (χ2v) is 8.79. The third kappa shape index (κ3) is 5.75. The molecule has 186 valence electrons. The van der Waals surface area contributed by atoms with Crippen molar-refractivity contribution in [3.05, 3.63) is 59.2 Å². The molecule has 2 aliphatic heterocycles. The third-order valence-corrected chi connectivity index (χ3v) is 6.39. The van der Waals surface area contributed by atoms with Gasteiger partial charge in [0.25, 0.3) is 5.91 Å². The van der Waals surface area contributed by atoms with Crippen LogP contribution in [-0.4, -0.2) is 66.4 Å². The van der Waals surface area contributed by atoms with Gasteiger partial charge in [-0.15, -0.1) is 0 Å². The fourth-order valence-electron chi connectivity index (χ4n) is 4.65. The molecule has 1 unspecified atom stereocenters. The lowest BCUT2D eigenvalue weighted by Gasteiger charge is -2.36. The summed E-state index contributed by atoms with van der Waals surface area (Å²) in [4.78, 5) is 41.0. The van der Waals surface area contributed by atoms with E-state index in [2.05, 4.69) is 5.32 Å². The molecule has 2 saturated heterocycles. The molecule has 35 heavy (non-hydrogen) atoms. The quantitative estimate of drug-likeness (QED) is 0.566. The lowest BCUT2D eigenvalue weighted by Crippen LogP contribution is -2.56. The van der Waals surface area contributed by atoms with Crippen LogP contribution in [0.1, 0.15) is 48.2 Å². The molecule has 8 heteroatoms. The second kappa shape index (κ2) is 11.3. The van der Waals surface area contributed by atoms with Gasteiger partial charge in [-0.2, -0.15) is 0 Å². The number of hydrogen-bond acceptors (Lipinski definition) is 5. The normalized spacial score (nSPS) is 17.4. The number of rotatable bonds is 10. The Kier molecular flexibility index (Phi) is 7.90. The highest BCUT2D eigenvalue weighted by atomic mass is 16.5. The Morgan fingerprint density at radius 3 is 2.46 bits per heavy atom. The third-order valence-electron chi connectivity index (χ3n) is 6.39. The molecule has 0 aromatic heterocycles. The maximum absolute atomic E-state index is 12.7. The summed E-state index contributed by atoms with van der Waals surface area (Å²) in [5, 5.41) is 2.95. The number of nitrogens with zero attached hydrogens (tertiary/aromatic N) is 2. The summed E-state index contributed by atoms with van der Waals surface area (Å²) in [6.45, 7) is 6.65. The Morgan fingerprint density at radius 2 is 1.71 bits per heavy atom. The van der Waals surface area contributed by atoms with Crippen LogP contribution in [0.25, 0.3) is 0 Å². The first-order chi connectivity index (χ1) is 17.0. The van der Waals surface area contributed by atoms with Crippen LogP contribution in [0, 0.1) is 0 Å². The standard InChI is InChI=1S/C27H33N3O5/c1-3-34-23-12-9-19(16-24(23)35-4-2)13-14-28-26(32)21-10-7-20(8-11-21)17-29-18-25(31)30-15-5-6-22(30)27(29)33/h7-12,16,22H,3-6,13-15,17-18H2,1-2H3,(H,28,32). The highest BCUT2D eigenvalue weighted by molar-refractivity contribution is 5.95. The number of carbonyl (C=O) groups is 3. The Balaban J connectivity index is 1.29. The van der Waals surface area contributed by atoms with E-state index in [-0.39, 0.29) is 30.3 Å². The van der Waals surface area contributed by atoms with Gasteiger partial charge in [-0.3, -0.25) is 14.4 Å². The molecule has 2 heterocycles. The van der Waals surface area contributed by atoms with Crippen molar-refractivity contribution in [2.75, 3.05) is 32.8 Å². The Morgan fingerprint density at radius 1 is 1.00 bits per heavy atom. The highest BCUT2D eigenvalue weighted by Crippen LogP contribution is 2.29. The molecule has 8 nitrogen and oxygen atoms in total. The summed E-state index contributed by atoms with van der Waals surface area (Å²) in [6.07, 6.45) is 2.29. The molecule has 1 N–H and O–H groups in total. The van der Waals surface area contributed by atoms with Gasteiger partial charge >= 0.3 is 0 Å². The monoisotopic (exact) mass is 479 g/mol. The van der Waals surface area contributed by atoms with Crippen LogP contribution < -0.4 is 14.8 Å². The maximum Gasteiger partial charge on any atom is 0.251 e. The van der Waals surface area contributed by atoms with E-state index in [4.69, 9.17) is 9.47 Å². The van der Waals surface area contributed by atoms with Crippen LogP contribution in [0.3, 0.4) is 0 Å². The van der Waals surface area contributed by atoms with Crippen LogP contribution in [0.15, 0.2) is 42.5 Å². The van der Waals surface area contributed by atoms with Crippen LogP contribution >= 0.6 is 0 Å². The SMILES string of the molecule is CCOc1ccc(CCNC(=O)c2ccc(CN3CC(=O)N4CCCC4C3=O)cc2)cc1OCC. The minimum absolute atomic E-state index is 0.0176. The van der Waals surface area contributed by atoms with Gasteiger partial charge < -0.3 is 24.6 Å². The van der Waals surface area contributed by atoms with Gasteiger partial charge in [0.2, 0.25) is 11.8 Å². The van der Waals surface area contributed by atoms with Crippen LogP contribution in [0.4, 0.5) is 0 Å². The highest BCUT2D eigenvalue weighted by Gasteiger charge is 2.41. The van der Waals surface area contributed by atoms with Crippen LogP contribution in [0.5, 0.6) is 11.5 Å². The predicted octanol–water partition coefficient (Wildman–Crippen LogP) is 2.79. The predicted molar refractivity (Wildman–Crippen MR) is 131 cm³/mol. The van der Waals surface area contributed by atoms with Gasteiger partial charge in [0, 0.05) is 25.2 Å². The van der Waals surface area contributed by atoms with E-state index in [1.165, 1.54) is 0 Å². The summed E-state index contributed by atoms with van der Waals surface area (Å²) in [6, 6.07) is 12.7. The summed E-state index contributed by atoms with van der Waals surface area (Å²) in [5.41, 5.74) is 2.50. The number of benzene rings is 2. The van der Waals surface area contributed by atoms with E-state index in [1.54, 1.807) is 21.9 Å². The zero-order chi connectivity index (χ0) is 24.8. The zero-order valence-electron chi connectivity index (χ0n) is 20.4. The number of hydrogen-bond donors (Lipinski definition) is 1. The molecule has 0 radical (unpaired) electrons. The van der Waals surface area contributed by atoms with Gasteiger partial charge in [-0.25, -0.2) is 0 Å². The summed E-state index contributed by atoms with van der Waals surface area (Å²) < 4.78 is 11.3. The van der Waals surface area contributed by atoms with Gasteiger partial charge in [-0.1, -0.05) is 18.2 Å². The van der Waals surface area contributed by atoms with Crippen molar-refractivity contribution < 1.29 is 23.9 Å². The molecular formula is C27H33N3O5. The Hall–Kier alpha value is -3.55. The minimum Gasteiger partial charge on any atom is -0.490 e. The largest absolute Gasteiger partial charge is 0.490 e. The average molecular weight is 480 g/mol. The Bertz CT molecular complexity index is 1070. The van der Waals surface area contributed by atoms with E-state index < -0.39 is 0 Å². The van der Waals surface area contributed by atoms with Crippen molar-refractivity contribution in [1.29, 1.82) is 0 Å². The van der Waals surface area contributed by atoms with E-state index in [1.807, 2.05) is 44.2 Å². The topological polar surface area (TPSA) is 88.2 Å². The maximum atomic E-state index is 12.7. The second-order valence-electron chi connectivity index (χ2n) is 8.79. The lowest BCUT2D eigenvalue weighted by atomic mass is 10.1. The van der Waals surface area contributed by atoms with Crippen molar-refractivity contribution in [3.63, 3.8) is 0 Å². The van der Waals surface area contributed by atoms with Crippen LogP contribution in [0.2, 0.25) is 0 Å². The molecular weight excluding hydrogens is 446 g/mol. The molecule has 4 rings (SSSR count). The molecule has 2 fully saturated rings. The fraction of sp³-hybridized carbons (Fsp3) is 0.444. The van der Waals surface area contributed by atoms with Crippen molar-refractivity contribution in [1.82, 2.24) is 15.1 Å². The molecule has 0 aliphatic carbocycles. The average Bonchev–Trinajstić information content (AvgIpc) is 3.36. The Labute approximate surface area is 206 Å². The molecule has 1 atom stereocenters. The van der Waals surface area contributed by atoms with E-state index in [0.29, 0.717) is 50.6 Å². The molecule has 0 spiro atoms. The molecule has 3 amide bonds. The van der Waals surface area contributed by atoms with Crippen molar-refractivity contribution in [2.24, 2.45) is 0 Å². The van der Waals surface area contributed by atoms with Gasteiger partial charge in [-0.05, 0) is 68.5 Å². The number of carbonyl (C=O) groups excluding carboxylic acids is 3. The summed E-state index contributed by atoms with van der Waals surface area (Å²) in [7, 11) is 0. The first kappa shape index (κ1) is 24.6. The zero-order valence-corrected chi connectivity index (χ0v) is 20.4. The van der Waals surface area contributed by atoms with Gasteiger partial charge in [0.05, 0.1) is 13.2 Å². The summed E-state index contributed by atoms with van der Waals surface area (Å²) in [5.74, 6) is 1.31. The number of amides is 3. The first-order valence-electron chi connectivity index (χ1n) is 12.3. The molecule has 0 saturated carbocycles. The minimum atomic E-state index is -0.304. The molecule has 0 bridgehead atoms. The molecule has 2 aromatic rings. The van der Waals surface area contributed by atoms with Gasteiger partial charge in [0.15, 0.2) is 11.5 Å². The molecule has 2 aliphatic rings. The van der Waals surface area contributed by atoms with E-state index in [0.717, 1.165) is 29.7 Å². The van der Waals surface area contributed by atoms with E-state index >= 15 is 0 Å². The van der Waals surface area contributed by atoms with Gasteiger partial charge in [0.1, 0.15) is 12.6 Å².